The quantitative estimate of drug-likeness (QED) is 0.680. The molecule has 0 saturated carbocycles. The maximum atomic E-state index is 11.9. The molecule has 1 unspecified atom stereocenters. The first-order valence-electron chi connectivity index (χ1n) is 5.32. The molecule has 0 radical (unpaired) electrons. The Bertz CT molecular complexity index is 284. The van der Waals surface area contributed by atoms with Gasteiger partial charge in [-0.1, -0.05) is 0 Å². The summed E-state index contributed by atoms with van der Waals surface area (Å²) >= 11 is 0. The zero-order chi connectivity index (χ0) is 11.5. The summed E-state index contributed by atoms with van der Waals surface area (Å²) in [6.07, 6.45) is 1.49. The number of nitrogens with two attached hydrogens (primary N) is 1. The number of aliphatic hydroxyl groups is 1. The van der Waals surface area contributed by atoms with Gasteiger partial charge in [0.25, 0.3) is 0 Å². The van der Waals surface area contributed by atoms with Crippen LogP contribution in [-0.2, 0) is 10.0 Å². The molecular weight excluding hydrogens is 216 g/mol. The van der Waals surface area contributed by atoms with E-state index in [1.165, 1.54) is 4.31 Å². The fourth-order valence-corrected chi connectivity index (χ4v) is 3.19. The summed E-state index contributed by atoms with van der Waals surface area (Å²) in [5.41, 5.74) is 5.37. The van der Waals surface area contributed by atoms with E-state index in [4.69, 9.17) is 10.8 Å². The SMILES string of the molecule is CC(CN)S(=O)(=O)N1CCC(CO)CC1. The van der Waals surface area contributed by atoms with Crippen molar-refractivity contribution in [3.8, 4) is 0 Å². The third kappa shape index (κ3) is 2.90. The highest BCUT2D eigenvalue weighted by Gasteiger charge is 2.31. The molecule has 0 aromatic rings. The van der Waals surface area contributed by atoms with Gasteiger partial charge in [-0.25, -0.2) is 12.7 Å². The minimum Gasteiger partial charge on any atom is -0.396 e. The second kappa shape index (κ2) is 5.25. The minimum atomic E-state index is -3.22. The Hall–Kier alpha value is -0.170. The predicted molar refractivity (Wildman–Crippen MR) is 58.8 cm³/mol. The number of rotatable bonds is 4. The molecule has 90 valence electrons. The van der Waals surface area contributed by atoms with Crippen molar-refractivity contribution in [2.24, 2.45) is 11.7 Å². The van der Waals surface area contributed by atoms with Crippen molar-refractivity contribution in [2.45, 2.75) is 25.0 Å². The van der Waals surface area contributed by atoms with E-state index in [1.807, 2.05) is 0 Å². The van der Waals surface area contributed by atoms with Crippen LogP contribution in [0.4, 0.5) is 0 Å². The Morgan fingerprint density at radius 3 is 2.40 bits per heavy atom. The topological polar surface area (TPSA) is 83.6 Å². The average molecular weight is 236 g/mol. The Labute approximate surface area is 91.3 Å². The van der Waals surface area contributed by atoms with Gasteiger partial charge >= 0.3 is 0 Å². The molecule has 0 aromatic carbocycles. The van der Waals surface area contributed by atoms with Crippen molar-refractivity contribution in [3.05, 3.63) is 0 Å². The number of sulfonamides is 1. The maximum absolute atomic E-state index is 11.9. The van der Waals surface area contributed by atoms with Crippen LogP contribution in [0.3, 0.4) is 0 Å². The van der Waals surface area contributed by atoms with Crippen LogP contribution < -0.4 is 5.73 Å². The maximum Gasteiger partial charge on any atom is 0.217 e. The molecule has 1 aliphatic rings. The van der Waals surface area contributed by atoms with Gasteiger partial charge in [0.2, 0.25) is 10.0 Å². The van der Waals surface area contributed by atoms with E-state index in [0.29, 0.717) is 13.1 Å². The lowest BCUT2D eigenvalue weighted by Gasteiger charge is -2.31. The third-order valence-electron chi connectivity index (χ3n) is 3.03. The summed E-state index contributed by atoms with van der Waals surface area (Å²) in [5.74, 6) is 0.254. The van der Waals surface area contributed by atoms with Gasteiger partial charge in [-0.15, -0.1) is 0 Å². The monoisotopic (exact) mass is 236 g/mol. The third-order valence-corrected chi connectivity index (χ3v) is 5.33. The predicted octanol–water partition coefficient (Wildman–Crippen LogP) is -0.632. The fourth-order valence-electron chi connectivity index (χ4n) is 1.72. The Morgan fingerprint density at radius 1 is 1.47 bits per heavy atom. The molecule has 1 fully saturated rings. The van der Waals surface area contributed by atoms with Crippen LogP contribution >= 0.6 is 0 Å². The van der Waals surface area contributed by atoms with Gasteiger partial charge in [0, 0.05) is 26.2 Å². The lowest BCUT2D eigenvalue weighted by atomic mass is 10.00. The normalized spacial score (nSPS) is 22.9. The van der Waals surface area contributed by atoms with Crippen molar-refractivity contribution in [2.75, 3.05) is 26.2 Å². The van der Waals surface area contributed by atoms with E-state index >= 15 is 0 Å². The van der Waals surface area contributed by atoms with Gasteiger partial charge in [0.1, 0.15) is 0 Å². The van der Waals surface area contributed by atoms with Crippen LogP contribution in [0.15, 0.2) is 0 Å². The summed E-state index contributed by atoms with van der Waals surface area (Å²) in [6, 6.07) is 0. The average Bonchev–Trinajstić information content (AvgIpc) is 2.28. The number of piperidine rings is 1. The summed E-state index contributed by atoms with van der Waals surface area (Å²) in [4.78, 5) is 0. The number of hydrogen-bond acceptors (Lipinski definition) is 4. The van der Waals surface area contributed by atoms with Crippen LogP contribution in [0.5, 0.6) is 0 Å². The van der Waals surface area contributed by atoms with Crippen molar-refractivity contribution >= 4 is 10.0 Å². The molecule has 1 heterocycles. The number of nitrogens with zero attached hydrogens (tertiary/aromatic N) is 1. The summed E-state index contributed by atoms with van der Waals surface area (Å²) < 4.78 is 25.3. The molecule has 0 amide bonds. The van der Waals surface area contributed by atoms with Crippen molar-refractivity contribution in [3.63, 3.8) is 0 Å². The molecule has 1 rings (SSSR count). The van der Waals surface area contributed by atoms with Gasteiger partial charge in [-0.05, 0) is 25.7 Å². The van der Waals surface area contributed by atoms with E-state index in [1.54, 1.807) is 6.92 Å². The molecule has 3 N–H and O–H groups in total. The van der Waals surface area contributed by atoms with Crippen LogP contribution in [0, 0.1) is 5.92 Å². The van der Waals surface area contributed by atoms with Gasteiger partial charge in [0.15, 0.2) is 0 Å². The van der Waals surface area contributed by atoms with E-state index < -0.39 is 15.3 Å². The molecule has 5 nitrogen and oxygen atoms in total. The molecule has 0 spiro atoms. The van der Waals surface area contributed by atoms with Gasteiger partial charge < -0.3 is 10.8 Å². The highest BCUT2D eigenvalue weighted by molar-refractivity contribution is 7.89. The Morgan fingerprint density at radius 2 is 2.00 bits per heavy atom. The van der Waals surface area contributed by atoms with Crippen molar-refractivity contribution < 1.29 is 13.5 Å². The molecule has 15 heavy (non-hydrogen) atoms. The van der Waals surface area contributed by atoms with E-state index in [-0.39, 0.29) is 19.1 Å². The van der Waals surface area contributed by atoms with E-state index in [0.717, 1.165) is 12.8 Å². The standard InChI is InChI=1S/C9H20N2O3S/c1-8(6-10)15(13,14)11-4-2-9(7-12)3-5-11/h8-9,12H,2-7,10H2,1H3. The first kappa shape index (κ1) is 12.9. The molecule has 0 bridgehead atoms. The summed E-state index contributed by atoms with van der Waals surface area (Å²) in [5, 5.41) is 8.44. The van der Waals surface area contributed by atoms with Crippen LogP contribution in [-0.4, -0.2) is 49.3 Å². The first-order valence-corrected chi connectivity index (χ1v) is 6.82. The lowest BCUT2D eigenvalue weighted by molar-refractivity contribution is 0.169. The second-order valence-corrected chi connectivity index (χ2v) is 6.47. The van der Waals surface area contributed by atoms with Crippen molar-refractivity contribution in [1.29, 1.82) is 0 Å². The zero-order valence-electron chi connectivity index (χ0n) is 9.09. The smallest absolute Gasteiger partial charge is 0.217 e. The highest BCUT2D eigenvalue weighted by atomic mass is 32.2. The fraction of sp³-hybridized carbons (Fsp3) is 1.00. The summed E-state index contributed by atoms with van der Waals surface area (Å²) in [6.45, 7) is 2.96. The van der Waals surface area contributed by atoms with Crippen LogP contribution in [0.1, 0.15) is 19.8 Å². The van der Waals surface area contributed by atoms with Gasteiger partial charge in [-0.3, -0.25) is 0 Å². The van der Waals surface area contributed by atoms with Crippen LogP contribution in [0.2, 0.25) is 0 Å². The van der Waals surface area contributed by atoms with Crippen LogP contribution in [0.25, 0.3) is 0 Å². The van der Waals surface area contributed by atoms with Gasteiger partial charge in [-0.2, -0.15) is 0 Å². The molecule has 6 heteroatoms. The molecule has 0 aliphatic carbocycles. The Balaban J connectivity index is 2.60. The molecule has 1 saturated heterocycles. The van der Waals surface area contributed by atoms with E-state index in [2.05, 4.69) is 0 Å². The zero-order valence-corrected chi connectivity index (χ0v) is 9.91. The minimum absolute atomic E-state index is 0.153. The largest absolute Gasteiger partial charge is 0.396 e. The van der Waals surface area contributed by atoms with Crippen molar-refractivity contribution in [1.82, 2.24) is 4.31 Å². The Kier molecular flexibility index (Phi) is 4.51. The molecule has 1 atom stereocenters. The molecule has 0 aromatic heterocycles. The van der Waals surface area contributed by atoms with E-state index in [9.17, 15) is 8.42 Å². The summed E-state index contributed by atoms with van der Waals surface area (Å²) in [7, 11) is -3.22. The first-order chi connectivity index (χ1) is 7.02. The lowest BCUT2D eigenvalue weighted by Crippen LogP contribution is -2.45. The number of hydrogen-bond donors (Lipinski definition) is 2. The molecule has 1 aliphatic heterocycles. The number of aliphatic hydroxyl groups excluding tert-OH is 1. The highest BCUT2D eigenvalue weighted by Crippen LogP contribution is 2.20. The second-order valence-electron chi connectivity index (χ2n) is 4.12. The molecular formula is C9H20N2O3S. The van der Waals surface area contributed by atoms with Gasteiger partial charge in [0.05, 0.1) is 5.25 Å².